The number of hydrogen-bond donors (Lipinski definition) is 3. The van der Waals surface area contributed by atoms with Gasteiger partial charge in [-0.3, -0.25) is 10.3 Å². The van der Waals surface area contributed by atoms with Crippen LogP contribution >= 0.6 is 12.2 Å². The van der Waals surface area contributed by atoms with Crippen LogP contribution in [-0.4, -0.2) is 60.7 Å². The molecular formula is C15H22N4O2S. The van der Waals surface area contributed by atoms with E-state index in [9.17, 15) is 5.11 Å². The minimum Gasteiger partial charge on any atom is -0.507 e. The average molecular weight is 322 g/mol. The number of phenolic OH excluding ortho intramolecular Hbond substituents is 1. The highest BCUT2D eigenvalue weighted by Crippen LogP contribution is 2.12. The highest BCUT2D eigenvalue weighted by atomic mass is 32.1. The smallest absolute Gasteiger partial charge is 0.186 e. The predicted molar refractivity (Wildman–Crippen MR) is 91.3 cm³/mol. The number of aromatic hydroxyl groups is 1. The maximum absolute atomic E-state index is 9.59. The van der Waals surface area contributed by atoms with E-state index in [1.54, 1.807) is 18.2 Å². The molecule has 0 aromatic heterocycles. The Morgan fingerprint density at radius 3 is 2.91 bits per heavy atom. The van der Waals surface area contributed by atoms with E-state index < -0.39 is 0 Å². The van der Waals surface area contributed by atoms with E-state index in [2.05, 4.69) is 20.7 Å². The number of rotatable bonds is 6. The molecule has 0 amide bonds. The van der Waals surface area contributed by atoms with E-state index in [1.807, 2.05) is 6.07 Å². The van der Waals surface area contributed by atoms with Crippen molar-refractivity contribution >= 4 is 23.5 Å². The summed E-state index contributed by atoms with van der Waals surface area (Å²) >= 11 is 5.14. The van der Waals surface area contributed by atoms with E-state index >= 15 is 0 Å². The maximum atomic E-state index is 9.59. The number of hydrazone groups is 1. The largest absolute Gasteiger partial charge is 0.507 e. The van der Waals surface area contributed by atoms with Gasteiger partial charge >= 0.3 is 0 Å². The van der Waals surface area contributed by atoms with Crippen molar-refractivity contribution in [3.8, 4) is 5.75 Å². The predicted octanol–water partition coefficient (Wildman–Crippen LogP) is 0.912. The fourth-order valence-electron chi connectivity index (χ4n) is 2.13. The van der Waals surface area contributed by atoms with Crippen LogP contribution in [0.3, 0.4) is 0 Å². The molecular weight excluding hydrogens is 300 g/mol. The summed E-state index contributed by atoms with van der Waals surface area (Å²) in [7, 11) is 0. The lowest BCUT2D eigenvalue weighted by molar-refractivity contribution is 0.0376. The Kier molecular flexibility index (Phi) is 7.08. The molecule has 1 aliphatic rings. The van der Waals surface area contributed by atoms with Crippen LogP contribution in [0.2, 0.25) is 0 Å². The number of para-hydroxylation sites is 1. The Bertz CT molecular complexity index is 504. The number of nitrogens with one attached hydrogen (secondary N) is 2. The Labute approximate surface area is 136 Å². The van der Waals surface area contributed by atoms with Gasteiger partial charge in [0.1, 0.15) is 5.75 Å². The maximum Gasteiger partial charge on any atom is 0.186 e. The highest BCUT2D eigenvalue weighted by molar-refractivity contribution is 7.80. The Morgan fingerprint density at radius 1 is 1.36 bits per heavy atom. The molecule has 1 heterocycles. The monoisotopic (exact) mass is 322 g/mol. The molecule has 0 bridgehead atoms. The molecule has 0 unspecified atom stereocenters. The van der Waals surface area contributed by atoms with Gasteiger partial charge in [0, 0.05) is 25.2 Å². The molecule has 120 valence electrons. The zero-order valence-electron chi connectivity index (χ0n) is 12.5. The van der Waals surface area contributed by atoms with Crippen LogP contribution in [0.15, 0.2) is 29.4 Å². The minimum atomic E-state index is 0.192. The summed E-state index contributed by atoms with van der Waals surface area (Å²) in [4.78, 5) is 2.39. The quantitative estimate of drug-likeness (QED) is 0.313. The minimum absolute atomic E-state index is 0.192. The molecule has 0 spiro atoms. The molecule has 1 saturated heterocycles. The third-order valence-electron chi connectivity index (χ3n) is 3.35. The molecule has 0 saturated carbocycles. The van der Waals surface area contributed by atoms with Crippen molar-refractivity contribution in [1.82, 2.24) is 15.6 Å². The Balaban J connectivity index is 1.58. The summed E-state index contributed by atoms with van der Waals surface area (Å²) in [6.45, 7) is 5.51. The van der Waals surface area contributed by atoms with Crippen molar-refractivity contribution < 1.29 is 9.84 Å². The van der Waals surface area contributed by atoms with E-state index in [0.717, 1.165) is 45.8 Å². The summed E-state index contributed by atoms with van der Waals surface area (Å²) < 4.78 is 5.31. The zero-order chi connectivity index (χ0) is 15.6. The number of nitrogens with zero attached hydrogens (tertiary/aromatic N) is 2. The summed E-state index contributed by atoms with van der Waals surface area (Å²) in [6, 6.07) is 6.99. The first-order valence-electron chi connectivity index (χ1n) is 7.41. The second kappa shape index (κ2) is 9.34. The third-order valence-corrected chi connectivity index (χ3v) is 3.58. The van der Waals surface area contributed by atoms with E-state index in [1.165, 1.54) is 6.21 Å². The fourth-order valence-corrected chi connectivity index (χ4v) is 2.28. The first-order valence-corrected chi connectivity index (χ1v) is 7.81. The van der Waals surface area contributed by atoms with Crippen molar-refractivity contribution in [1.29, 1.82) is 0 Å². The van der Waals surface area contributed by atoms with E-state index in [0.29, 0.717) is 10.7 Å². The van der Waals surface area contributed by atoms with E-state index in [-0.39, 0.29) is 5.75 Å². The molecule has 0 radical (unpaired) electrons. The number of ether oxygens (including phenoxy) is 1. The van der Waals surface area contributed by atoms with Gasteiger partial charge in [-0.05, 0) is 37.3 Å². The molecule has 1 fully saturated rings. The summed E-state index contributed by atoms with van der Waals surface area (Å²) in [5, 5.41) is 17.2. The molecule has 1 aliphatic heterocycles. The number of thiocarbonyl (C=S) groups is 1. The van der Waals surface area contributed by atoms with Gasteiger partial charge in [0.05, 0.1) is 19.4 Å². The van der Waals surface area contributed by atoms with Crippen LogP contribution in [0.1, 0.15) is 12.0 Å². The SMILES string of the molecule is Oc1ccccc1/C=N/NC(=S)NCCCN1CCOCC1. The fraction of sp³-hybridized carbons (Fsp3) is 0.467. The number of benzene rings is 1. The lowest BCUT2D eigenvalue weighted by atomic mass is 10.2. The van der Waals surface area contributed by atoms with Crippen LogP contribution in [0.25, 0.3) is 0 Å². The summed E-state index contributed by atoms with van der Waals surface area (Å²) in [6.07, 6.45) is 2.56. The lowest BCUT2D eigenvalue weighted by Gasteiger charge is -2.26. The lowest BCUT2D eigenvalue weighted by Crippen LogP contribution is -2.39. The molecule has 1 aromatic carbocycles. The van der Waals surface area contributed by atoms with Gasteiger partial charge in [-0.1, -0.05) is 12.1 Å². The van der Waals surface area contributed by atoms with Gasteiger partial charge in [0.25, 0.3) is 0 Å². The normalized spacial score (nSPS) is 15.8. The topological polar surface area (TPSA) is 69.1 Å². The van der Waals surface area contributed by atoms with Crippen LogP contribution in [0.5, 0.6) is 5.75 Å². The standard InChI is InChI=1S/C15H22N4O2S/c20-14-5-2-1-4-13(14)12-17-18-15(22)16-6-3-7-19-8-10-21-11-9-19/h1-2,4-5,12,20H,3,6-11H2,(H2,16,18,22)/b17-12+. The van der Waals surface area contributed by atoms with Crippen molar-refractivity contribution in [3.05, 3.63) is 29.8 Å². The van der Waals surface area contributed by atoms with Crippen LogP contribution in [-0.2, 0) is 4.74 Å². The molecule has 1 aromatic rings. The van der Waals surface area contributed by atoms with Gasteiger partial charge < -0.3 is 15.2 Å². The molecule has 0 atom stereocenters. The van der Waals surface area contributed by atoms with Gasteiger partial charge in [-0.2, -0.15) is 5.10 Å². The molecule has 0 aliphatic carbocycles. The Morgan fingerprint density at radius 2 is 2.14 bits per heavy atom. The van der Waals surface area contributed by atoms with Crippen molar-refractivity contribution in [3.63, 3.8) is 0 Å². The molecule has 2 rings (SSSR count). The molecule has 22 heavy (non-hydrogen) atoms. The number of hydrogen-bond acceptors (Lipinski definition) is 5. The zero-order valence-corrected chi connectivity index (χ0v) is 13.3. The Hall–Kier alpha value is -1.70. The summed E-state index contributed by atoms with van der Waals surface area (Å²) in [5.74, 6) is 0.192. The first kappa shape index (κ1) is 16.7. The van der Waals surface area contributed by atoms with Crippen molar-refractivity contribution in [2.45, 2.75) is 6.42 Å². The molecule has 6 nitrogen and oxygen atoms in total. The van der Waals surface area contributed by atoms with Gasteiger partial charge in [0.15, 0.2) is 5.11 Å². The molecule has 7 heteroatoms. The second-order valence-electron chi connectivity index (χ2n) is 4.99. The van der Waals surface area contributed by atoms with E-state index in [4.69, 9.17) is 17.0 Å². The first-order chi connectivity index (χ1) is 10.8. The van der Waals surface area contributed by atoms with Crippen molar-refractivity contribution in [2.75, 3.05) is 39.4 Å². The summed E-state index contributed by atoms with van der Waals surface area (Å²) in [5.41, 5.74) is 3.39. The second-order valence-corrected chi connectivity index (χ2v) is 5.40. The average Bonchev–Trinajstić information content (AvgIpc) is 2.54. The van der Waals surface area contributed by atoms with Crippen LogP contribution < -0.4 is 10.7 Å². The number of morpholine rings is 1. The van der Waals surface area contributed by atoms with Gasteiger partial charge in [-0.15, -0.1) is 0 Å². The van der Waals surface area contributed by atoms with Crippen LogP contribution in [0, 0.1) is 0 Å². The number of phenols is 1. The van der Waals surface area contributed by atoms with Crippen molar-refractivity contribution in [2.24, 2.45) is 5.10 Å². The third kappa shape index (κ3) is 5.97. The molecule has 3 N–H and O–H groups in total. The van der Waals surface area contributed by atoms with Gasteiger partial charge in [-0.25, -0.2) is 0 Å². The van der Waals surface area contributed by atoms with Crippen LogP contribution in [0.4, 0.5) is 0 Å². The highest BCUT2D eigenvalue weighted by Gasteiger charge is 2.08. The van der Waals surface area contributed by atoms with Gasteiger partial charge in [0.2, 0.25) is 0 Å².